The molecule has 9 heteroatoms. The number of benzene rings is 1. The van der Waals surface area contributed by atoms with Crippen LogP contribution < -0.4 is 4.74 Å². The van der Waals surface area contributed by atoms with Gasteiger partial charge in [-0.15, -0.1) is 5.10 Å². The van der Waals surface area contributed by atoms with Crippen molar-refractivity contribution in [2.45, 2.75) is 27.0 Å². The first-order valence-electron chi connectivity index (χ1n) is 10.5. The van der Waals surface area contributed by atoms with Crippen molar-refractivity contribution in [3.05, 3.63) is 83.3 Å². The molecule has 0 aliphatic carbocycles. The quantitative estimate of drug-likeness (QED) is 0.283. The second-order valence-electron chi connectivity index (χ2n) is 7.68. The van der Waals surface area contributed by atoms with Gasteiger partial charge in [0, 0.05) is 18.1 Å². The van der Waals surface area contributed by atoms with Crippen molar-refractivity contribution in [3.63, 3.8) is 0 Å². The van der Waals surface area contributed by atoms with E-state index in [2.05, 4.69) is 44.7 Å². The normalized spacial score (nSPS) is 11.6. The summed E-state index contributed by atoms with van der Waals surface area (Å²) in [6, 6.07) is 11.5. The molecule has 0 atom stereocenters. The van der Waals surface area contributed by atoms with Gasteiger partial charge in [-0.3, -0.25) is 4.98 Å². The fourth-order valence-electron chi connectivity index (χ4n) is 3.79. The largest absolute Gasteiger partial charge is 0.497 e. The van der Waals surface area contributed by atoms with Crippen molar-refractivity contribution in [2.24, 2.45) is 5.16 Å². The molecule has 0 radical (unpaired) electrons. The smallest absolute Gasteiger partial charge is 0.192 e. The monoisotopic (exact) mass is 441 g/mol. The summed E-state index contributed by atoms with van der Waals surface area (Å²) < 4.78 is 9.03. The highest BCUT2D eigenvalue weighted by molar-refractivity contribution is 5.93. The predicted octanol–water partition coefficient (Wildman–Crippen LogP) is 3.70. The Morgan fingerprint density at radius 3 is 2.70 bits per heavy atom. The van der Waals surface area contributed by atoms with E-state index in [-0.39, 0.29) is 6.61 Å². The summed E-state index contributed by atoms with van der Waals surface area (Å²) in [4.78, 5) is 19.0. The Balaban J connectivity index is 1.39. The minimum atomic E-state index is 0.157. The highest BCUT2D eigenvalue weighted by atomic mass is 16.6. The Kier molecular flexibility index (Phi) is 5.43. The van der Waals surface area contributed by atoms with Gasteiger partial charge in [-0.25, -0.2) is 14.5 Å². The van der Waals surface area contributed by atoms with E-state index in [1.165, 1.54) is 0 Å². The summed E-state index contributed by atoms with van der Waals surface area (Å²) >= 11 is 0. The molecule has 0 saturated carbocycles. The number of ether oxygens (including phenoxy) is 1. The van der Waals surface area contributed by atoms with Gasteiger partial charge in [0.2, 0.25) is 0 Å². The highest BCUT2D eigenvalue weighted by Gasteiger charge is 2.18. The number of pyridine rings is 1. The summed E-state index contributed by atoms with van der Waals surface area (Å²) in [5, 5.41) is 9.51. The van der Waals surface area contributed by atoms with Gasteiger partial charge in [-0.1, -0.05) is 11.2 Å². The molecule has 0 spiro atoms. The van der Waals surface area contributed by atoms with Crippen LogP contribution in [0.15, 0.2) is 60.3 Å². The fourth-order valence-corrected chi connectivity index (χ4v) is 3.79. The number of fused-ring (bicyclic) bond motifs is 3. The van der Waals surface area contributed by atoms with E-state index in [0.29, 0.717) is 12.4 Å². The molecule has 5 rings (SSSR count). The molecule has 1 aromatic carbocycles. The molecule has 0 aliphatic rings. The maximum absolute atomic E-state index is 5.43. The van der Waals surface area contributed by atoms with Crippen molar-refractivity contribution in [3.8, 4) is 5.75 Å². The predicted molar refractivity (Wildman–Crippen MR) is 124 cm³/mol. The van der Waals surface area contributed by atoms with Crippen LogP contribution in [-0.2, 0) is 18.0 Å². The van der Waals surface area contributed by atoms with E-state index in [4.69, 9.17) is 14.6 Å². The summed E-state index contributed by atoms with van der Waals surface area (Å²) in [6.45, 7) is 5.03. The van der Waals surface area contributed by atoms with Gasteiger partial charge in [-0.2, -0.15) is 0 Å². The fraction of sp³-hybridized carbons (Fsp3) is 0.208. The van der Waals surface area contributed by atoms with E-state index in [0.717, 1.165) is 44.8 Å². The van der Waals surface area contributed by atoms with Crippen molar-refractivity contribution in [1.82, 2.24) is 29.1 Å². The van der Waals surface area contributed by atoms with Gasteiger partial charge in [-0.05, 0) is 60.9 Å². The van der Waals surface area contributed by atoms with E-state index in [1.54, 1.807) is 30.4 Å². The lowest BCUT2D eigenvalue weighted by Gasteiger charge is -2.07. The van der Waals surface area contributed by atoms with Crippen LogP contribution in [0.1, 0.15) is 28.2 Å². The molecule has 166 valence electrons. The summed E-state index contributed by atoms with van der Waals surface area (Å²) in [5.41, 5.74) is 5.92. The van der Waals surface area contributed by atoms with Crippen LogP contribution in [-0.4, -0.2) is 42.5 Å². The molecular formula is C24H23N7O2. The molecule has 0 fully saturated rings. The molecular weight excluding hydrogens is 418 g/mol. The molecule has 5 aromatic rings. The number of rotatable bonds is 7. The number of hydrogen-bond acceptors (Lipinski definition) is 7. The lowest BCUT2D eigenvalue weighted by Crippen LogP contribution is -2.03. The Labute approximate surface area is 190 Å². The SMILES string of the molecule is COc1ccc(C=NOCc2nc3c4c(C)c(C)n(Cc5cccnc5)c4ncn3n2)cc1. The molecule has 0 amide bonds. The van der Waals surface area contributed by atoms with Crippen LogP contribution in [0.4, 0.5) is 0 Å². The van der Waals surface area contributed by atoms with E-state index in [1.807, 2.05) is 36.5 Å². The first kappa shape index (κ1) is 20.6. The summed E-state index contributed by atoms with van der Waals surface area (Å²) in [6.07, 6.45) is 6.98. The topological polar surface area (TPSA) is 91.7 Å². The number of aryl methyl sites for hydroxylation is 1. The third kappa shape index (κ3) is 4.00. The van der Waals surface area contributed by atoms with Gasteiger partial charge < -0.3 is 14.1 Å². The van der Waals surface area contributed by atoms with Crippen LogP contribution in [0.3, 0.4) is 0 Å². The van der Waals surface area contributed by atoms with Crippen LogP contribution in [0.2, 0.25) is 0 Å². The second kappa shape index (κ2) is 8.70. The van der Waals surface area contributed by atoms with Crippen LogP contribution in [0.5, 0.6) is 5.75 Å². The zero-order valence-corrected chi connectivity index (χ0v) is 18.6. The van der Waals surface area contributed by atoms with Gasteiger partial charge in [0.05, 0.1) is 25.3 Å². The standard InChI is InChI=1S/C24H23N7O2/c1-16-17(2)30(13-19-5-4-10-25-11-19)23-22(16)24-28-21(29-31(24)15-26-23)14-33-27-12-18-6-8-20(32-3)9-7-18/h4-12,15H,13-14H2,1-3H3. The Bertz CT molecular complexity index is 1440. The van der Waals surface area contributed by atoms with Crippen molar-refractivity contribution in [1.29, 1.82) is 0 Å². The number of nitrogens with zero attached hydrogens (tertiary/aromatic N) is 7. The molecule has 4 heterocycles. The number of methoxy groups -OCH3 is 1. The van der Waals surface area contributed by atoms with Crippen molar-refractivity contribution in [2.75, 3.05) is 7.11 Å². The van der Waals surface area contributed by atoms with Crippen molar-refractivity contribution >= 4 is 22.9 Å². The molecule has 0 saturated heterocycles. The summed E-state index contributed by atoms with van der Waals surface area (Å²) in [5.74, 6) is 1.33. The van der Waals surface area contributed by atoms with E-state index < -0.39 is 0 Å². The minimum Gasteiger partial charge on any atom is -0.497 e. The Morgan fingerprint density at radius 2 is 1.94 bits per heavy atom. The molecule has 4 aromatic heterocycles. The Hall–Kier alpha value is -4.27. The zero-order chi connectivity index (χ0) is 22.8. The molecule has 0 unspecified atom stereocenters. The molecule has 9 nitrogen and oxygen atoms in total. The van der Waals surface area contributed by atoms with Crippen LogP contribution in [0, 0.1) is 13.8 Å². The highest BCUT2D eigenvalue weighted by Crippen LogP contribution is 2.27. The maximum atomic E-state index is 5.43. The van der Waals surface area contributed by atoms with Gasteiger partial charge >= 0.3 is 0 Å². The third-order valence-corrected chi connectivity index (χ3v) is 5.64. The average molecular weight is 441 g/mol. The number of hydrogen-bond donors (Lipinski definition) is 0. The first-order chi connectivity index (χ1) is 16.1. The lowest BCUT2D eigenvalue weighted by molar-refractivity contribution is 0.126. The minimum absolute atomic E-state index is 0.157. The number of oxime groups is 1. The van der Waals surface area contributed by atoms with Gasteiger partial charge in [0.1, 0.15) is 17.7 Å². The molecule has 33 heavy (non-hydrogen) atoms. The molecule has 0 bridgehead atoms. The first-order valence-corrected chi connectivity index (χ1v) is 10.5. The van der Waals surface area contributed by atoms with Crippen molar-refractivity contribution < 1.29 is 9.57 Å². The average Bonchev–Trinajstić information content (AvgIpc) is 3.37. The maximum Gasteiger partial charge on any atom is 0.192 e. The Morgan fingerprint density at radius 1 is 1.09 bits per heavy atom. The molecule has 0 N–H and O–H groups in total. The zero-order valence-electron chi connectivity index (χ0n) is 18.6. The van der Waals surface area contributed by atoms with E-state index in [9.17, 15) is 0 Å². The lowest BCUT2D eigenvalue weighted by atomic mass is 10.2. The summed E-state index contributed by atoms with van der Waals surface area (Å²) in [7, 11) is 1.63. The number of aromatic nitrogens is 6. The van der Waals surface area contributed by atoms with Gasteiger partial charge in [0.25, 0.3) is 0 Å². The van der Waals surface area contributed by atoms with Crippen LogP contribution in [0.25, 0.3) is 16.7 Å². The van der Waals surface area contributed by atoms with Crippen LogP contribution >= 0.6 is 0 Å². The second-order valence-corrected chi connectivity index (χ2v) is 7.68. The third-order valence-electron chi connectivity index (χ3n) is 5.64. The molecule has 0 aliphatic heterocycles. The van der Waals surface area contributed by atoms with Gasteiger partial charge in [0.15, 0.2) is 18.1 Å². The van der Waals surface area contributed by atoms with E-state index >= 15 is 0 Å².